The van der Waals surface area contributed by atoms with Gasteiger partial charge in [-0.3, -0.25) is 9.97 Å². The maximum absolute atomic E-state index is 12.5. The summed E-state index contributed by atoms with van der Waals surface area (Å²) in [6, 6.07) is 1.14. The quantitative estimate of drug-likeness (QED) is 0.331. The Morgan fingerprint density at radius 1 is 0.886 bits per heavy atom. The summed E-state index contributed by atoms with van der Waals surface area (Å²) in [5.41, 5.74) is 2.19. The topological polar surface area (TPSA) is 132 Å². The number of pyridine rings is 2. The van der Waals surface area contributed by atoms with E-state index in [1.807, 2.05) is 10.6 Å². The Balaban J connectivity index is 0.000000581. The van der Waals surface area contributed by atoms with Crippen molar-refractivity contribution in [1.29, 1.82) is 0 Å². The van der Waals surface area contributed by atoms with Crippen LogP contribution in [0.2, 0.25) is 0 Å². The number of halogens is 7. The molecule has 0 spiro atoms. The van der Waals surface area contributed by atoms with E-state index in [1.54, 1.807) is 0 Å². The molecule has 2 heterocycles. The number of terminal acetylenes is 2. The molecule has 2 rings (SSSR count). The van der Waals surface area contributed by atoms with E-state index in [0.29, 0.717) is 31.1 Å². The number of sulfonamides is 1. The lowest BCUT2D eigenvalue weighted by atomic mass is 10.3. The highest BCUT2D eigenvalue weighted by Crippen LogP contribution is 2.35. The van der Waals surface area contributed by atoms with E-state index in [4.69, 9.17) is 22.8 Å². The van der Waals surface area contributed by atoms with Gasteiger partial charge in [-0.25, -0.2) is 16.8 Å². The molecule has 0 atom stereocenters. The van der Waals surface area contributed by atoms with Crippen molar-refractivity contribution in [2.45, 2.75) is 22.1 Å². The zero-order valence-corrected chi connectivity index (χ0v) is 19.5. The molecule has 17 heteroatoms. The molecule has 0 unspecified atom stereocenters. The number of nitrogens with zero attached hydrogens (tertiary/aromatic N) is 2. The smallest absolute Gasteiger partial charge is 0.320 e. The van der Waals surface area contributed by atoms with Gasteiger partial charge in [-0.15, -0.1) is 12.8 Å². The molecule has 35 heavy (non-hydrogen) atoms. The second-order valence-corrected chi connectivity index (χ2v) is 9.88. The van der Waals surface area contributed by atoms with E-state index < -0.39 is 58.9 Å². The van der Waals surface area contributed by atoms with Crippen molar-refractivity contribution in [3.63, 3.8) is 0 Å². The van der Waals surface area contributed by atoms with Crippen LogP contribution in [0.5, 0.6) is 0 Å². The van der Waals surface area contributed by atoms with Gasteiger partial charge in [-0.2, -0.15) is 31.1 Å². The van der Waals surface area contributed by atoms with Crippen molar-refractivity contribution in [1.82, 2.24) is 14.7 Å². The summed E-state index contributed by atoms with van der Waals surface area (Å²) in [4.78, 5) is 4.65. The average Bonchev–Trinajstić information content (AvgIpc) is 2.76. The van der Waals surface area contributed by atoms with Crippen LogP contribution in [-0.2, 0) is 31.4 Å². The molecular formula is C18H15ClF6N4O4S2. The molecule has 0 aromatic carbocycles. The fourth-order valence-electron chi connectivity index (χ4n) is 1.85. The monoisotopic (exact) mass is 564 g/mol. The van der Waals surface area contributed by atoms with Crippen molar-refractivity contribution in [3.05, 3.63) is 48.0 Å². The largest absolute Gasteiger partial charge is 0.417 e. The van der Waals surface area contributed by atoms with Crippen LogP contribution in [0.4, 0.5) is 26.3 Å². The molecule has 0 bridgehead atoms. The van der Waals surface area contributed by atoms with Gasteiger partial charge >= 0.3 is 12.4 Å². The minimum Gasteiger partial charge on any atom is -0.320 e. The number of hydrogen-bond donors (Lipinski definition) is 2. The second kappa shape index (κ2) is 13.3. The molecule has 0 saturated carbocycles. The molecule has 2 aromatic heterocycles. The average molecular weight is 565 g/mol. The molecule has 0 aliphatic heterocycles. The molecule has 0 aliphatic carbocycles. The number of aromatic nitrogens is 2. The molecule has 3 N–H and O–H groups in total. The Morgan fingerprint density at radius 2 is 1.29 bits per heavy atom. The van der Waals surface area contributed by atoms with Crippen molar-refractivity contribution >= 4 is 29.8 Å². The molecule has 192 valence electrons. The summed E-state index contributed by atoms with van der Waals surface area (Å²) < 4.78 is 121. The Kier molecular flexibility index (Phi) is 12.2. The van der Waals surface area contributed by atoms with E-state index in [1.165, 1.54) is 0 Å². The third-order valence-corrected chi connectivity index (χ3v) is 5.99. The fourth-order valence-corrected chi connectivity index (χ4v) is 3.96. The molecule has 0 aliphatic rings. The van der Waals surface area contributed by atoms with Gasteiger partial charge in [0.1, 0.15) is 9.79 Å². The van der Waals surface area contributed by atoms with Gasteiger partial charge in [0.15, 0.2) is 0 Å². The standard InChI is InChI=1S/C9H7F3N2O2S.C6H3ClF3NO2S.C3H5N/c1-2-4-14-17(15,16)8-6-13-5-3-7(8)9(10,11)12;7-14(12,13)5-3-11-2-1-4(5)6(8,9)10;1-2-3-4/h1,3,5-6,14H,4H2;1-3H;1H,3-4H2. The summed E-state index contributed by atoms with van der Waals surface area (Å²) in [6.07, 6.45) is 2.83. The lowest BCUT2D eigenvalue weighted by Gasteiger charge is -2.12. The summed E-state index contributed by atoms with van der Waals surface area (Å²) in [5.74, 6) is 4.17. The Labute approximate surface area is 201 Å². The summed E-state index contributed by atoms with van der Waals surface area (Å²) in [5, 5.41) is 0. The zero-order valence-electron chi connectivity index (χ0n) is 17.1. The van der Waals surface area contributed by atoms with Gasteiger partial charge in [0.05, 0.1) is 24.2 Å². The van der Waals surface area contributed by atoms with Crippen LogP contribution in [0.1, 0.15) is 11.1 Å². The van der Waals surface area contributed by atoms with E-state index in [0.717, 1.165) is 12.4 Å². The first kappa shape index (κ1) is 32.1. The highest BCUT2D eigenvalue weighted by molar-refractivity contribution is 8.13. The first-order valence-electron chi connectivity index (χ1n) is 8.47. The van der Waals surface area contributed by atoms with Crippen molar-refractivity contribution in [2.24, 2.45) is 5.73 Å². The fraction of sp³-hybridized carbons (Fsp3) is 0.222. The van der Waals surface area contributed by atoms with Gasteiger partial charge in [0.25, 0.3) is 9.05 Å². The molecule has 0 radical (unpaired) electrons. The van der Waals surface area contributed by atoms with Gasteiger partial charge in [0.2, 0.25) is 10.0 Å². The number of hydrogen-bond acceptors (Lipinski definition) is 7. The number of alkyl halides is 6. The van der Waals surface area contributed by atoms with E-state index in [2.05, 4.69) is 22.3 Å². The second-order valence-electron chi connectivity index (χ2n) is 5.61. The highest BCUT2D eigenvalue weighted by atomic mass is 35.7. The van der Waals surface area contributed by atoms with Crippen LogP contribution in [0.3, 0.4) is 0 Å². The van der Waals surface area contributed by atoms with E-state index in [9.17, 15) is 43.2 Å². The SMILES string of the molecule is C#CCN.C#CCNS(=O)(=O)c1cnccc1C(F)(F)F.O=S(=O)(Cl)c1cnccc1C(F)(F)F. The lowest BCUT2D eigenvalue weighted by molar-refractivity contribution is -0.140. The van der Waals surface area contributed by atoms with E-state index >= 15 is 0 Å². The van der Waals surface area contributed by atoms with Gasteiger partial charge in [0, 0.05) is 35.5 Å². The molecule has 8 nitrogen and oxygen atoms in total. The Morgan fingerprint density at radius 3 is 1.60 bits per heavy atom. The normalized spacial score (nSPS) is 11.6. The summed E-state index contributed by atoms with van der Waals surface area (Å²) in [7, 11) is -3.94. The molecule has 0 saturated heterocycles. The number of rotatable bonds is 4. The highest BCUT2D eigenvalue weighted by Gasteiger charge is 2.37. The van der Waals surface area contributed by atoms with Crippen LogP contribution < -0.4 is 10.5 Å². The molecule has 2 aromatic rings. The minimum absolute atomic E-state index is 0.347. The molecule has 0 fully saturated rings. The Hall–Kier alpha value is -2.89. The van der Waals surface area contributed by atoms with Crippen LogP contribution in [0.15, 0.2) is 46.7 Å². The molecule has 0 amide bonds. The van der Waals surface area contributed by atoms with Crippen LogP contribution in [0.25, 0.3) is 0 Å². The third kappa shape index (κ3) is 10.9. The minimum atomic E-state index is -4.77. The van der Waals surface area contributed by atoms with Crippen molar-refractivity contribution in [2.75, 3.05) is 13.1 Å². The van der Waals surface area contributed by atoms with Crippen LogP contribution in [0, 0.1) is 24.7 Å². The van der Waals surface area contributed by atoms with Gasteiger partial charge in [-0.05, 0) is 12.1 Å². The Bertz CT molecular complexity index is 1290. The summed E-state index contributed by atoms with van der Waals surface area (Å²) >= 11 is 0. The van der Waals surface area contributed by atoms with Gasteiger partial charge < -0.3 is 5.73 Å². The third-order valence-electron chi connectivity index (χ3n) is 3.21. The first-order valence-corrected chi connectivity index (χ1v) is 12.3. The van der Waals surface area contributed by atoms with Crippen LogP contribution >= 0.6 is 10.7 Å². The van der Waals surface area contributed by atoms with Crippen molar-refractivity contribution < 1.29 is 43.2 Å². The lowest BCUT2D eigenvalue weighted by Crippen LogP contribution is -2.26. The predicted molar refractivity (Wildman–Crippen MR) is 113 cm³/mol. The maximum Gasteiger partial charge on any atom is 0.417 e. The number of nitrogens with two attached hydrogens (primary N) is 1. The molecular weight excluding hydrogens is 550 g/mol. The van der Waals surface area contributed by atoms with Crippen molar-refractivity contribution in [3.8, 4) is 24.7 Å². The zero-order chi connectivity index (χ0) is 27.5. The van der Waals surface area contributed by atoms with E-state index in [-0.39, 0.29) is 0 Å². The summed E-state index contributed by atoms with van der Waals surface area (Å²) in [6.45, 7) is -0.0471. The number of nitrogens with one attached hydrogen (secondary N) is 1. The van der Waals surface area contributed by atoms with Crippen LogP contribution in [-0.4, -0.2) is 39.9 Å². The first-order chi connectivity index (χ1) is 15.9. The maximum atomic E-state index is 12.5. The predicted octanol–water partition coefficient (Wildman–Crippen LogP) is 2.62. The van der Waals surface area contributed by atoms with Gasteiger partial charge in [-0.1, -0.05) is 11.8 Å².